The van der Waals surface area contributed by atoms with Gasteiger partial charge in [-0.05, 0) is 63.4 Å². The third-order valence-electron chi connectivity index (χ3n) is 4.73. The van der Waals surface area contributed by atoms with Crippen LogP contribution in [0.4, 0.5) is 5.00 Å². The van der Waals surface area contributed by atoms with Gasteiger partial charge in [-0.2, -0.15) is 0 Å². The summed E-state index contributed by atoms with van der Waals surface area (Å²) in [6, 6.07) is 3.00. The number of aryl methyl sites for hydroxylation is 2. The molecule has 2 rings (SSSR count). The Bertz CT molecular complexity index is 1070. The summed E-state index contributed by atoms with van der Waals surface area (Å²) in [7, 11) is -0.820. The van der Waals surface area contributed by atoms with E-state index in [-0.39, 0.29) is 17.1 Å². The van der Waals surface area contributed by atoms with Crippen molar-refractivity contribution in [1.29, 1.82) is 0 Å². The van der Waals surface area contributed by atoms with E-state index in [2.05, 4.69) is 5.32 Å². The van der Waals surface area contributed by atoms with Gasteiger partial charge >= 0.3 is 5.97 Å². The molecule has 0 unspecified atom stereocenters. The maximum absolute atomic E-state index is 12.9. The maximum Gasteiger partial charge on any atom is 0.341 e. The summed E-state index contributed by atoms with van der Waals surface area (Å²) in [5.41, 5.74) is 2.55. The highest BCUT2D eigenvalue weighted by molar-refractivity contribution is 7.89. The van der Waals surface area contributed by atoms with Crippen LogP contribution in [0.25, 0.3) is 0 Å². The summed E-state index contributed by atoms with van der Waals surface area (Å²) in [6.45, 7) is 9.06. The number of carbonyl (C=O) groups excluding carboxylic acids is 2. The molecule has 7 nitrogen and oxygen atoms in total. The highest BCUT2D eigenvalue weighted by Crippen LogP contribution is 2.33. The summed E-state index contributed by atoms with van der Waals surface area (Å²) in [5.74, 6) is -0.990. The van der Waals surface area contributed by atoms with Gasteiger partial charge in [-0.1, -0.05) is 0 Å². The zero-order valence-electron chi connectivity index (χ0n) is 17.7. The minimum atomic E-state index is -3.71. The average molecular weight is 439 g/mol. The first-order valence-electron chi connectivity index (χ1n) is 9.04. The van der Waals surface area contributed by atoms with Crippen LogP contribution in [0.3, 0.4) is 0 Å². The van der Waals surface area contributed by atoms with Crippen LogP contribution >= 0.6 is 11.3 Å². The lowest BCUT2D eigenvalue weighted by Gasteiger charge is -2.16. The predicted molar refractivity (Wildman–Crippen MR) is 114 cm³/mol. The van der Waals surface area contributed by atoms with Crippen LogP contribution in [-0.4, -0.2) is 45.3 Å². The van der Waals surface area contributed by atoms with Crippen LogP contribution in [-0.2, 0) is 14.8 Å². The molecule has 0 spiro atoms. The number of amides is 1. The van der Waals surface area contributed by atoms with Crippen molar-refractivity contribution in [1.82, 2.24) is 4.31 Å². The van der Waals surface area contributed by atoms with Crippen LogP contribution < -0.4 is 5.32 Å². The largest absolute Gasteiger partial charge is 0.462 e. The number of nitrogens with zero attached hydrogens (tertiary/aromatic N) is 1. The van der Waals surface area contributed by atoms with Gasteiger partial charge in [0.2, 0.25) is 10.0 Å². The number of benzene rings is 1. The molecule has 0 aliphatic heterocycles. The molecule has 1 aromatic carbocycles. The van der Waals surface area contributed by atoms with Crippen molar-refractivity contribution < 1.29 is 22.7 Å². The standard InChI is InChI=1S/C20H26N2O5S2/c1-8-27-20(24)17-13(4)14(5)28-19(17)21-18(23)15-9-11(2)12(3)16(10-15)29(25,26)22(6)7/h9-10H,8H2,1-7H3,(H,21,23). The Kier molecular flexibility index (Phi) is 6.87. The molecule has 1 N–H and O–H groups in total. The third-order valence-corrected chi connectivity index (χ3v) is 7.80. The number of ether oxygens (including phenoxy) is 1. The molecule has 1 amide bonds. The van der Waals surface area contributed by atoms with Crippen molar-refractivity contribution in [3.8, 4) is 0 Å². The first kappa shape index (κ1) is 23.1. The molecule has 1 heterocycles. The molecule has 0 fully saturated rings. The van der Waals surface area contributed by atoms with Gasteiger partial charge in [0.25, 0.3) is 5.91 Å². The Morgan fingerprint density at radius 1 is 1.10 bits per heavy atom. The zero-order chi connectivity index (χ0) is 22.1. The van der Waals surface area contributed by atoms with Crippen molar-refractivity contribution in [3.63, 3.8) is 0 Å². The van der Waals surface area contributed by atoms with Crippen molar-refractivity contribution in [2.75, 3.05) is 26.0 Å². The molecule has 29 heavy (non-hydrogen) atoms. The van der Waals surface area contributed by atoms with Crippen molar-refractivity contribution in [2.24, 2.45) is 0 Å². The Morgan fingerprint density at radius 3 is 2.28 bits per heavy atom. The number of carbonyl (C=O) groups is 2. The number of anilines is 1. The lowest BCUT2D eigenvalue weighted by atomic mass is 10.1. The first-order valence-corrected chi connectivity index (χ1v) is 11.3. The van der Waals surface area contributed by atoms with Crippen LogP contribution in [0.15, 0.2) is 17.0 Å². The van der Waals surface area contributed by atoms with E-state index in [0.717, 1.165) is 14.7 Å². The number of esters is 1. The molecule has 0 radical (unpaired) electrons. The van der Waals surface area contributed by atoms with Crippen LogP contribution in [0.2, 0.25) is 0 Å². The molecule has 0 saturated heterocycles. The molecule has 0 saturated carbocycles. The third kappa shape index (κ3) is 4.52. The lowest BCUT2D eigenvalue weighted by molar-refractivity contribution is 0.0527. The summed E-state index contributed by atoms with van der Waals surface area (Å²) >= 11 is 1.28. The van der Waals surface area contributed by atoms with Crippen molar-refractivity contribution >= 4 is 38.2 Å². The molecule has 9 heteroatoms. The molecule has 0 bridgehead atoms. The highest BCUT2D eigenvalue weighted by Gasteiger charge is 2.25. The van der Waals surface area contributed by atoms with Gasteiger partial charge in [-0.3, -0.25) is 4.79 Å². The normalized spacial score (nSPS) is 11.6. The Balaban J connectivity index is 2.49. The topological polar surface area (TPSA) is 92.8 Å². The van der Waals surface area contributed by atoms with E-state index in [4.69, 9.17) is 4.74 Å². The van der Waals surface area contributed by atoms with Gasteiger partial charge in [-0.25, -0.2) is 17.5 Å². The van der Waals surface area contributed by atoms with Crippen molar-refractivity contribution in [3.05, 3.63) is 44.8 Å². The minimum absolute atomic E-state index is 0.0804. The highest BCUT2D eigenvalue weighted by atomic mass is 32.2. The fourth-order valence-electron chi connectivity index (χ4n) is 2.76. The number of nitrogens with one attached hydrogen (secondary N) is 1. The molecule has 1 aromatic heterocycles. The SMILES string of the molecule is CCOC(=O)c1c(NC(=O)c2cc(C)c(C)c(S(=O)(=O)N(C)C)c2)sc(C)c1C. The van der Waals surface area contributed by atoms with E-state index in [0.29, 0.717) is 21.7 Å². The monoisotopic (exact) mass is 438 g/mol. The van der Waals surface area contributed by atoms with E-state index in [1.807, 2.05) is 6.92 Å². The van der Waals surface area contributed by atoms with E-state index in [9.17, 15) is 18.0 Å². The first-order chi connectivity index (χ1) is 13.4. The Morgan fingerprint density at radius 2 is 1.72 bits per heavy atom. The number of thiophene rings is 1. The summed E-state index contributed by atoms with van der Waals surface area (Å²) in [4.78, 5) is 26.2. The van der Waals surface area contributed by atoms with Gasteiger partial charge in [0.15, 0.2) is 0 Å². The maximum atomic E-state index is 12.9. The fourth-order valence-corrected chi connectivity index (χ4v) is 5.02. The smallest absolute Gasteiger partial charge is 0.341 e. The number of hydrogen-bond donors (Lipinski definition) is 1. The quantitative estimate of drug-likeness (QED) is 0.695. The van der Waals surface area contributed by atoms with Crippen molar-refractivity contribution in [2.45, 2.75) is 39.5 Å². The summed E-state index contributed by atoms with van der Waals surface area (Å²) < 4.78 is 31.5. The van der Waals surface area contributed by atoms with Gasteiger partial charge < -0.3 is 10.1 Å². The van der Waals surface area contributed by atoms with E-state index in [1.54, 1.807) is 33.8 Å². The van der Waals surface area contributed by atoms with E-state index >= 15 is 0 Å². The van der Waals surface area contributed by atoms with Crippen LogP contribution in [0, 0.1) is 27.7 Å². The van der Waals surface area contributed by atoms with Gasteiger partial charge in [-0.15, -0.1) is 11.3 Å². The summed E-state index contributed by atoms with van der Waals surface area (Å²) in [5, 5.41) is 3.14. The second-order valence-corrected chi connectivity index (χ2v) is 10.2. The molecular formula is C20H26N2O5S2. The fraction of sp³-hybridized carbons (Fsp3) is 0.400. The van der Waals surface area contributed by atoms with E-state index in [1.165, 1.54) is 31.5 Å². The lowest BCUT2D eigenvalue weighted by Crippen LogP contribution is -2.24. The molecule has 0 atom stereocenters. The summed E-state index contributed by atoms with van der Waals surface area (Å²) in [6.07, 6.45) is 0. The van der Waals surface area contributed by atoms with Gasteiger partial charge in [0.05, 0.1) is 17.1 Å². The Labute approximate surface area is 175 Å². The molecule has 0 aliphatic rings. The second-order valence-electron chi connectivity index (χ2n) is 6.87. The zero-order valence-corrected chi connectivity index (χ0v) is 19.3. The van der Waals surface area contributed by atoms with Crippen LogP contribution in [0.1, 0.15) is 49.2 Å². The number of rotatable bonds is 6. The molecule has 2 aromatic rings. The minimum Gasteiger partial charge on any atom is -0.462 e. The molecule has 0 aliphatic carbocycles. The Hall–Kier alpha value is -2.23. The van der Waals surface area contributed by atoms with E-state index < -0.39 is 21.9 Å². The second kappa shape index (κ2) is 8.64. The molecule has 158 valence electrons. The van der Waals surface area contributed by atoms with Crippen LogP contribution in [0.5, 0.6) is 0 Å². The number of hydrogen-bond acceptors (Lipinski definition) is 6. The van der Waals surface area contributed by atoms with Gasteiger partial charge in [0.1, 0.15) is 5.00 Å². The molecular weight excluding hydrogens is 412 g/mol. The number of sulfonamides is 1. The van der Waals surface area contributed by atoms with Gasteiger partial charge in [0, 0.05) is 24.5 Å². The average Bonchev–Trinajstić information content (AvgIpc) is 2.90. The predicted octanol–water partition coefficient (Wildman–Crippen LogP) is 3.66.